The smallest absolute Gasteiger partial charge is 0.338 e. The molecule has 0 unspecified atom stereocenters. The lowest BCUT2D eigenvalue weighted by atomic mass is 10.00. The van der Waals surface area contributed by atoms with Crippen molar-refractivity contribution in [3.05, 3.63) is 119 Å². The molecule has 8 heteroatoms. The Balaban J connectivity index is 1.42. The molecule has 0 bridgehead atoms. The highest BCUT2D eigenvalue weighted by Crippen LogP contribution is 2.29. The van der Waals surface area contributed by atoms with Gasteiger partial charge in [-0.3, -0.25) is 0 Å². The second-order valence-electron chi connectivity index (χ2n) is 8.97. The van der Waals surface area contributed by atoms with E-state index in [1.165, 1.54) is 0 Å². The molecule has 0 radical (unpaired) electrons. The number of nitrogens with one attached hydrogen (secondary N) is 1. The van der Waals surface area contributed by atoms with Gasteiger partial charge in [-0.2, -0.15) is 0 Å². The summed E-state index contributed by atoms with van der Waals surface area (Å²) in [4.78, 5) is 12.7. The standard InChI is InChI=1S/C31H30ClNO5S/c1-2-38-31(35)29-12-4-3-11-28(29)23-7-6-10-27(20-23)39(36,37)26-15-13-22(14-16-26)17-18-33-21-30(34)24-8-5-9-25(32)19-24/h3-16,19-20,30,33-34H,2,17-18,21H2,1H3/t30-/m0/s1. The number of carbonyl (C=O) groups excluding carboxylic acids is 1. The zero-order chi connectivity index (χ0) is 27.8. The van der Waals surface area contributed by atoms with Gasteiger partial charge in [-0.15, -0.1) is 0 Å². The van der Waals surface area contributed by atoms with Gasteiger partial charge < -0.3 is 15.2 Å². The molecule has 4 rings (SSSR count). The topological polar surface area (TPSA) is 92.7 Å². The van der Waals surface area contributed by atoms with Gasteiger partial charge in [0.1, 0.15) is 0 Å². The van der Waals surface area contributed by atoms with Gasteiger partial charge in [-0.1, -0.05) is 66.2 Å². The average molecular weight is 564 g/mol. The molecule has 1 atom stereocenters. The van der Waals surface area contributed by atoms with Crippen molar-refractivity contribution in [1.82, 2.24) is 5.32 Å². The lowest BCUT2D eigenvalue weighted by molar-refractivity contribution is 0.0527. The van der Waals surface area contributed by atoms with Crippen LogP contribution in [0.15, 0.2) is 107 Å². The first-order valence-electron chi connectivity index (χ1n) is 12.6. The molecule has 4 aromatic rings. The molecule has 0 saturated heterocycles. The van der Waals surface area contributed by atoms with E-state index in [0.29, 0.717) is 41.2 Å². The first-order chi connectivity index (χ1) is 18.8. The number of hydrogen-bond donors (Lipinski definition) is 2. The van der Waals surface area contributed by atoms with Crippen molar-refractivity contribution in [2.24, 2.45) is 0 Å². The summed E-state index contributed by atoms with van der Waals surface area (Å²) < 4.78 is 32.0. The second-order valence-corrected chi connectivity index (χ2v) is 11.4. The Morgan fingerprint density at radius 2 is 1.67 bits per heavy atom. The number of benzene rings is 4. The van der Waals surface area contributed by atoms with Crippen molar-refractivity contribution >= 4 is 27.4 Å². The number of carbonyl (C=O) groups is 1. The molecule has 0 aliphatic heterocycles. The summed E-state index contributed by atoms with van der Waals surface area (Å²) in [6.07, 6.45) is -0.000782. The molecule has 0 fully saturated rings. The lowest BCUT2D eigenvalue weighted by Gasteiger charge is -2.13. The first kappa shape index (κ1) is 28.5. The molecule has 39 heavy (non-hydrogen) atoms. The van der Waals surface area contributed by atoms with Crippen molar-refractivity contribution < 1.29 is 23.1 Å². The predicted octanol–water partition coefficient (Wildman–Crippen LogP) is 5.88. The largest absolute Gasteiger partial charge is 0.462 e. The fourth-order valence-corrected chi connectivity index (χ4v) is 5.73. The maximum Gasteiger partial charge on any atom is 0.338 e. The summed E-state index contributed by atoms with van der Waals surface area (Å²) in [7, 11) is -3.78. The monoisotopic (exact) mass is 563 g/mol. The normalized spacial score (nSPS) is 12.2. The maximum atomic E-state index is 13.4. The van der Waals surface area contributed by atoms with E-state index in [-0.39, 0.29) is 16.4 Å². The van der Waals surface area contributed by atoms with Gasteiger partial charge in [0.15, 0.2) is 0 Å². The van der Waals surface area contributed by atoms with Crippen molar-refractivity contribution in [3.63, 3.8) is 0 Å². The van der Waals surface area contributed by atoms with Crippen LogP contribution in [-0.2, 0) is 21.0 Å². The Morgan fingerprint density at radius 3 is 2.41 bits per heavy atom. The van der Waals surface area contributed by atoms with Gasteiger partial charge in [-0.05, 0) is 84.6 Å². The van der Waals surface area contributed by atoms with Crippen molar-refractivity contribution in [1.29, 1.82) is 0 Å². The van der Waals surface area contributed by atoms with E-state index in [1.54, 1.807) is 97.9 Å². The maximum absolute atomic E-state index is 13.4. The first-order valence-corrected chi connectivity index (χ1v) is 14.5. The third kappa shape index (κ3) is 7.13. The van der Waals surface area contributed by atoms with Crippen LogP contribution in [0.25, 0.3) is 11.1 Å². The number of ether oxygens (including phenoxy) is 1. The molecular formula is C31H30ClNO5S. The predicted molar refractivity (Wildman–Crippen MR) is 153 cm³/mol. The Kier molecular flexibility index (Phi) is 9.54. The third-order valence-electron chi connectivity index (χ3n) is 6.27. The van der Waals surface area contributed by atoms with Gasteiger partial charge in [0.05, 0.1) is 28.1 Å². The quantitative estimate of drug-likeness (QED) is 0.175. The van der Waals surface area contributed by atoms with Crippen LogP contribution in [-0.4, -0.2) is 39.2 Å². The summed E-state index contributed by atoms with van der Waals surface area (Å²) in [5, 5.41) is 14.1. The minimum absolute atomic E-state index is 0.142. The average Bonchev–Trinajstić information content (AvgIpc) is 2.95. The SMILES string of the molecule is CCOC(=O)c1ccccc1-c1cccc(S(=O)(=O)c2ccc(CCNC[C@H](O)c3cccc(Cl)c3)cc2)c1. The van der Waals surface area contributed by atoms with Gasteiger partial charge in [0, 0.05) is 11.6 Å². The van der Waals surface area contributed by atoms with Gasteiger partial charge in [0.25, 0.3) is 0 Å². The number of esters is 1. The van der Waals surface area contributed by atoms with Crippen LogP contribution in [0.1, 0.15) is 34.5 Å². The van der Waals surface area contributed by atoms with Crippen LogP contribution < -0.4 is 5.32 Å². The third-order valence-corrected chi connectivity index (χ3v) is 8.28. The van der Waals surface area contributed by atoms with Gasteiger partial charge in [-0.25, -0.2) is 13.2 Å². The minimum Gasteiger partial charge on any atom is -0.462 e. The number of aliphatic hydroxyl groups is 1. The van der Waals surface area contributed by atoms with Crippen molar-refractivity contribution in [3.8, 4) is 11.1 Å². The highest BCUT2D eigenvalue weighted by molar-refractivity contribution is 7.91. The van der Waals surface area contributed by atoms with Crippen LogP contribution in [0, 0.1) is 0 Å². The zero-order valence-corrected chi connectivity index (χ0v) is 23.1. The Labute approximate surface area is 234 Å². The van der Waals surface area contributed by atoms with Crippen LogP contribution >= 0.6 is 11.6 Å². The fraction of sp³-hybridized carbons (Fsp3) is 0.194. The van der Waals surface area contributed by atoms with E-state index in [0.717, 1.165) is 11.1 Å². The van der Waals surface area contributed by atoms with E-state index < -0.39 is 21.9 Å². The number of hydrogen-bond acceptors (Lipinski definition) is 6. The second kappa shape index (κ2) is 13.0. The van der Waals surface area contributed by atoms with Crippen LogP contribution in [0.3, 0.4) is 0 Å². The van der Waals surface area contributed by atoms with Crippen molar-refractivity contribution in [2.75, 3.05) is 19.7 Å². The zero-order valence-electron chi connectivity index (χ0n) is 21.5. The van der Waals surface area contributed by atoms with Crippen LogP contribution in [0.2, 0.25) is 5.02 Å². The summed E-state index contributed by atoms with van der Waals surface area (Å²) in [5.41, 5.74) is 3.32. The molecule has 0 aliphatic rings. The molecule has 0 amide bonds. The molecule has 0 aliphatic carbocycles. The van der Waals surface area contributed by atoms with Crippen molar-refractivity contribution in [2.45, 2.75) is 29.2 Å². The summed E-state index contributed by atoms with van der Waals surface area (Å²) in [5.74, 6) is -0.453. The molecule has 6 nitrogen and oxygen atoms in total. The Bertz CT molecular complexity index is 1540. The molecule has 0 heterocycles. The molecule has 0 aromatic heterocycles. The van der Waals surface area contributed by atoms with E-state index in [1.807, 2.05) is 6.07 Å². The molecule has 2 N–H and O–H groups in total. The van der Waals surface area contributed by atoms with Crippen LogP contribution in [0.5, 0.6) is 0 Å². The summed E-state index contributed by atoms with van der Waals surface area (Å²) in [6, 6.07) is 27.5. The lowest BCUT2D eigenvalue weighted by Crippen LogP contribution is -2.23. The summed E-state index contributed by atoms with van der Waals surface area (Å²) >= 11 is 5.99. The van der Waals surface area contributed by atoms with Crippen LogP contribution in [0.4, 0.5) is 0 Å². The van der Waals surface area contributed by atoms with E-state index in [9.17, 15) is 18.3 Å². The number of halogens is 1. The highest BCUT2D eigenvalue weighted by Gasteiger charge is 2.20. The molecule has 0 spiro atoms. The summed E-state index contributed by atoms with van der Waals surface area (Å²) in [6.45, 7) is 2.98. The van der Waals surface area contributed by atoms with E-state index in [4.69, 9.17) is 16.3 Å². The highest BCUT2D eigenvalue weighted by atomic mass is 35.5. The minimum atomic E-state index is -3.78. The van der Waals surface area contributed by atoms with E-state index >= 15 is 0 Å². The van der Waals surface area contributed by atoms with Gasteiger partial charge in [0.2, 0.25) is 9.84 Å². The number of aliphatic hydroxyl groups excluding tert-OH is 1. The molecular weight excluding hydrogens is 534 g/mol. The molecule has 4 aromatic carbocycles. The Hall–Kier alpha value is -3.49. The number of rotatable bonds is 11. The van der Waals surface area contributed by atoms with Gasteiger partial charge >= 0.3 is 5.97 Å². The van der Waals surface area contributed by atoms with E-state index in [2.05, 4.69) is 5.32 Å². The Morgan fingerprint density at radius 1 is 0.923 bits per heavy atom. The number of sulfone groups is 1. The molecule has 202 valence electrons. The molecule has 0 saturated carbocycles. The fourth-order valence-electron chi connectivity index (χ4n) is 4.23.